The molecule has 1 atom stereocenters. The van der Waals surface area contributed by atoms with Gasteiger partial charge in [0.25, 0.3) is 0 Å². The average Bonchev–Trinajstić information content (AvgIpc) is 3.35. The summed E-state index contributed by atoms with van der Waals surface area (Å²) in [5.74, 6) is 0.709. The first-order valence-corrected chi connectivity index (χ1v) is 11.5. The molecule has 0 saturated heterocycles. The van der Waals surface area contributed by atoms with Crippen molar-refractivity contribution in [2.75, 3.05) is 5.32 Å². The van der Waals surface area contributed by atoms with Gasteiger partial charge in [0.1, 0.15) is 31.3 Å². The van der Waals surface area contributed by atoms with Crippen molar-refractivity contribution in [3.63, 3.8) is 0 Å². The molecule has 176 valence electrons. The van der Waals surface area contributed by atoms with Gasteiger partial charge < -0.3 is 14.8 Å². The van der Waals surface area contributed by atoms with Crippen LogP contribution in [0.2, 0.25) is 5.02 Å². The summed E-state index contributed by atoms with van der Waals surface area (Å²) in [6.45, 7) is 2.28. The van der Waals surface area contributed by atoms with E-state index in [1.807, 2.05) is 85.8 Å². The number of nitrogens with one attached hydrogen (secondary N) is 1. The molecular weight excluding hydrogens is 464 g/mol. The monoisotopic (exact) mass is 486 g/mol. The second-order valence-corrected chi connectivity index (χ2v) is 8.48. The highest BCUT2D eigenvalue weighted by molar-refractivity contribution is 6.31. The molecule has 4 aromatic rings. The van der Waals surface area contributed by atoms with Gasteiger partial charge in [-0.15, -0.1) is 0 Å². The standard InChI is InChI=1S/C27H23ClN4O3/c1-18-24(26(33)35-15-19-9-3-2-4-10-19)25(32-27(31-18)29-17-30-32)21-12-6-8-14-23(21)34-16-20-11-5-7-13-22(20)28/h2-14,17,25H,15-16H2,1H3,(H,29,30,31). The molecule has 0 amide bonds. The van der Waals surface area contributed by atoms with Crippen molar-refractivity contribution >= 4 is 23.5 Å². The number of nitrogens with zero attached hydrogens (tertiary/aromatic N) is 3. The second-order valence-electron chi connectivity index (χ2n) is 8.07. The maximum Gasteiger partial charge on any atom is 0.338 e. The highest BCUT2D eigenvalue weighted by Crippen LogP contribution is 2.39. The number of esters is 1. The number of halogens is 1. The number of hydrogen-bond acceptors (Lipinski definition) is 6. The third-order valence-corrected chi connectivity index (χ3v) is 6.15. The Bertz CT molecular complexity index is 1380. The number of carbonyl (C=O) groups excluding carboxylic acids is 1. The number of para-hydroxylation sites is 1. The summed E-state index contributed by atoms with van der Waals surface area (Å²) in [6, 6.07) is 24.1. The SMILES string of the molecule is CC1=C(C(=O)OCc2ccccc2)C(c2ccccc2OCc2ccccc2Cl)n2ncnc2N1. The molecule has 8 heteroatoms. The summed E-state index contributed by atoms with van der Waals surface area (Å²) in [7, 11) is 0. The lowest BCUT2D eigenvalue weighted by Gasteiger charge is -2.29. The minimum Gasteiger partial charge on any atom is -0.488 e. The second kappa shape index (κ2) is 10.0. The molecule has 35 heavy (non-hydrogen) atoms. The Hall–Kier alpha value is -4.10. The number of carbonyl (C=O) groups is 1. The van der Waals surface area contributed by atoms with E-state index in [0.717, 1.165) is 16.7 Å². The molecule has 0 aliphatic carbocycles. The van der Waals surface area contributed by atoms with E-state index in [4.69, 9.17) is 21.1 Å². The van der Waals surface area contributed by atoms with Crippen molar-refractivity contribution in [2.45, 2.75) is 26.2 Å². The molecule has 0 bridgehead atoms. The molecule has 1 N–H and O–H groups in total. The molecule has 1 unspecified atom stereocenters. The molecule has 2 heterocycles. The van der Waals surface area contributed by atoms with Crippen LogP contribution in [-0.4, -0.2) is 20.7 Å². The molecule has 1 aliphatic heterocycles. The molecule has 0 saturated carbocycles. The maximum absolute atomic E-state index is 13.4. The first kappa shape index (κ1) is 22.7. The van der Waals surface area contributed by atoms with Gasteiger partial charge in [-0.25, -0.2) is 9.48 Å². The van der Waals surface area contributed by atoms with Gasteiger partial charge in [-0.2, -0.15) is 10.1 Å². The van der Waals surface area contributed by atoms with E-state index >= 15 is 0 Å². The summed E-state index contributed by atoms with van der Waals surface area (Å²) in [5.41, 5.74) is 3.62. The fourth-order valence-electron chi connectivity index (χ4n) is 4.05. The van der Waals surface area contributed by atoms with Crippen LogP contribution in [0.4, 0.5) is 5.95 Å². The third-order valence-electron chi connectivity index (χ3n) is 5.78. The summed E-state index contributed by atoms with van der Waals surface area (Å²) in [6.07, 6.45) is 1.45. The van der Waals surface area contributed by atoms with Crippen LogP contribution in [-0.2, 0) is 22.7 Å². The van der Waals surface area contributed by atoms with Gasteiger partial charge in [-0.05, 0) is 24.6 Å². The number of fused-ring (bicyclic) bond motifs is 1. The van der Waals surface area contributed by atoms with E-state index in [0.29, 0.717) is 28.0 Å². The van der Waals surface area contributed by atoms with Gasteiger partial charge in [0, 0.05) is 21.8 Å². The van der Waals surface area contributed by atoms with Crippen molar-refractivity contribution in [2.24, 2.45) is 0 Å². The zero-order valence-corrected chi connectivity index (χ0v) is 19.8. The van der Waals surface area contributed by atoms with Gasteiger partial charge in [0.2, 0.25) is 5.95 Å². The average molecular weight is 487 g/mol. The van der Waals surface area contributed by atoms with Crippen LogP contribution >= 0.6 is 11.6 Å². The number of rotatable bonds is 7. The molecule has 0 spiro atoms. The highest BCUT2D eigenvalue weighted by atomic mass is 35.5. The number of aromatic nitrogens is 3. The molecule has 1 aromatic heterocycles. The lowest BCUT2D eigenvalue weighted by atomic mass is 9.95. The van der Waals surface area contributed by atoms with E-state index < -0.39 is 12.0 Å². The van der Waals surface area contributed by atoms with Gasteiger partial charge in [0.15, 0.2) is 0 Å². The Balaban J connectivity index is 1.48. The Kier molecular flexibility index (Phi) is 6.50. The summed E-state index contributed by atoms with van der Waals surface area (Å²) in [5, 5.41) is 8.19. The van der Waals surface area contributed by atoms with Crippen LogP contribution in [0.25, 0.3) is 0 Å². The molecule has 0 fully saturated rings. The van der Waals surface area contributed by atoms with Crippen molar-refractivity contribution in [1.29, 1.82) is 0 Å². The Labute approximate surface area is 208 Å². The maximum atomic E-state index is 13.4. The van der Waals surface area contributed by atoms with Crippen molar-refractivity contribution in [3.05, 3.63) is 118 Å². The predicted molar refractivity (Wildman–Crippen MR) is 133 cm³/mol. The number of benzene rings is 3. The van der Waals surface area contributed by atoms with Gasteiger partial charge in [0.05, 0.1) is 5.57 Å². The van der Waals surface area contributed by atoms with E-state index in [1.54, 1.807) is 4.68 Å². The molecular formula is C27H23ClN4O3. The lowest BCUT2D eigenvalue weighted by molar-refractivity contribution is -0.140. The zero-order chi connectivity index (χ0) is 24.2. The van der Waals surface area contributed by atoms with E-state index in [9.17, 15) is 4.79 Å². The summed E-state index contributed by atoms with van der Waals surface area (Å²) >= 11 is 6.32. The van der Waals surface area contributed by atoms with E-state index in [1.165, 1.54) is 6.33 Å². The fraction of sp³-hybridized carbons (Fsp3) is 0.148. The van der Waals surface area contributed by atoms with Crippen molar-refractivity contribution in [1.82, 2.24) is 14.8 Å². The molecule has 3 aromatic carbocycles. The zero-order valence-electron chi connectivity index (χ0n) is 19.0. The minimum absolute atomic E-state index is 0.165. The number of hydrogen-bond donors (Lipinski definition) is 1. The smallest absolute Gasteiger partial charge is 0.338 e. The third kappa shape index (κ3) is 4.76. The largest absolute Gasteiger partial charge is 0.488 e. The molecule has 0 radical (unpaired) electrons. The van der Waals surface area contributed by atoms with E-state index in [-0.39, 0.29) is 13.2 Å². The van der Waals surface area contributed by atoms with Crippen LogP contribution in [0.1, 0.15) is 29.7 Å². The first-order chi connectivity index (χ1) is 17.1. The minimum atomic E-state index is -0.584. The number of anilines is 1. The molecule has 7 nitrogen and oxygen atoms in total. The number of ether oxygens (including phenoxy) is 2. The highest BCUT2D eigenvalue weighted by Gasteiger charge is 2.36. The van der Waals surface area contributed by atoms with Crippen LogP contribution in [0, 0.1) is 0 Å². The fourth-order valence-corrected chi connectivity index (χ4v) is 4.24. The van der Waals surface area contributed by atoms with Gasteiger partial charge in [-0.3, -0.25) is 0 Å². The Morgan fingerprint density at radius 1 is 1.00 bits per heavy atom. The lowest BCUT2D eigenvalue weighted by Crippen LogP contribution is -2.30. The summed E-state index contributed by atoms with van der Waals surface area (Å²) < 4.78 is 13.6. The summed E-state index contributed by atoms with van der Waals surface area (Å²) in [4.78, 5) is 17.7. The normalized spacial score (nSPS) is 14.7. The Morgan fingerprint density at radius 2 is 1.74 bits per heavy atom. The Morgan fingerprint density at radius 3 is 2.57 bits per heavy atom. The quantitative estimate of drug-likeness (QED) is 0.345. The van der Waals surface area contributed by atoms with Gasteiger partial charge in [-0.1, -0.05) is 78.3 Å². The first-order valence-electron chi connectivity index (χ1n) is 11.2. The van der Waals surface area contributed by atoms with Gasteiger partial charge >= 0.3 is 5.97 Å². The van der Waals surface area contributed by atoms with Crippen LogP contribution < -0.4 is 10.1 Å². The van der Waals surface area contributed by atoms with Crippen LogP contribution in [0.5, 0.6) is 5.75 Å². The van der Waals surface area contributed by atoms with Crippen molar-refractivity contribution < 1.29 is 14.3 Å². The topological polar surface area (TPSA) is 78.3 Å². The number of allylic oxidation sites excluding steroid dienone is 1. The van der Waals surface area contributed by atoms with Crippen LogP contribution in [0.15, 0.2) is 96.5 Å². The molecule has 1 aliphatic rings. The van der Waals surface area contributed by atoms with E-state index in [2.05, 4.69) is 15.4 Å². The van der Waals surface area contributed by atoms with Crippen LogP contribution in [0.3, 0.4) is 0 Å². The predicted octanol–water partition coefficient (Wildman–Crippen LogP) is 5.54. The molecule has 5 rings (SSSR count). The van der Waals surface area contributed by atoms with Crippen molar-refractivity contribution in [3.8, 4) is 5.75 Å².